The molecule has 0 bridgehead atoms. The lowest BCUT2D eigenvalue weighted by Gasteiger charge is -2.32. The molecule has 0 saturated carbocycles. The molecule has 0 spiro atoms. The largest absolute Gasteiger partial charge is 0.398 e. The van der Waals surface area contributed by atoms with Crippen molar-refractivity contribution in [1.29, 1.82) is 0 Å². The van der Waals surface area contributed by atoms with Gasteiger partial charge in [-0.2, -0.15) is 0 Å². The fourth-order valence-electron chi connectivity index (χ4n) is 2.33. The van der Waals surface area contributed by atoms with Crippen molar-refractivity contribution >= 4 is 17.3 Å². The Morgan fingerprint density at radius 1 is 1.53 bits per heavy atom. The van der Waals surface area contributed by atoms with Gasteiger partial charge in [-0.1, -0.05) is 6.07 Å². The number of nitrogens with one attached hydrogen (secondary N) is 1. The van der Waals surface area contributed by atoms with E-state index in [9.17, 15) is 4.79 Å². The summed E-state index contributed by atoms with van der Waals surface area (Å²) in [4.78, 5) is 13.1. The number of hydrogen-bond donors (Lipinski definition) is 2. The fourth-order valence-corrected chi connectivity index (χ4v) is 2.33. The van der Waals surface area contributed by atoms with E-state index >= 15 is 0 Å². The minimum atomic E-state index is 0.0230. The average Bonchev–Trinajstić information content (AvgIpc) is 2.30. The smallest absolute Gasteiger partial charge is 0.216 e. The Morgan fingerprint density at radius 2 is 2.35 bits per heavy atom. The van der Waals surface area contributed by atoms with Crippen molar-refractivity contribution in [3.63, 3.8) is 0 Å². The maximum absolute atomic E-state index is 10.8. The van der Waals surface area contributed by atoms with Gasteiger partial charge in [0.25, 0.3) is 0 Å². The average molecular weight is 233 g/mol. The molecule has 2 rings (SSSR count). The number of rotatable bonds is 3. The van der Waals surface area contributed by atoms with Gasteiger partial charge in [0.05, 0.1) is 0 Å². The van der Waals surface area contributed by atoms with E-state index in [1.807, 2.05) is 12.1 Å². The molecular formula is C13H19N3O. The molecule has 1 amide bonds. The standard InChI is InChI=1S/C13H19N3O/c1-10(17)15-7-9-16-8-3-4-11-12(14)5-2-6-13(11)16/h2,5-6H,3-4,7-9,14H2,1H3,(H,15,17). The number of nitrogen functional groups attached to an aromatic ring is 1. The summed E-state index contributed by atoms with van der Waals surface area (Å²) in [6.07, 6.45) is 2.18. The summed E-state index contributed by atoms with van der Waals surface area (Å²) in [6, 6.07) is 6.06. The monoisotopic (exact) mass is 233 g/mol. The zero-order chi connectivity index (χ0) is 12.3. The third kappa shape index (κ3) is 2.70. The molecule has 1 aliphatic heterocycles. The highest BCUT2D eigenvalue weighted by atomic mass is 16.1. The normalized spacial score (nSPS) is 14.3. The van der Waals surface area contributed by atoms with Crippen LogP contribution in [0.1, 0.15) is 18.9 Å². The maximum Gasteiger partial charge on any atom is 0.216 e. The first-order valence-corrected chi connectivity index (χ1v) is 6.05. The molecule has 0 aromatic heterocycles. The molecule has 92 valence electrons. The number of nitrogens with two attached hydrogens (primary N) is 1. The number of anilines is 2. The van der Waals surface area contributed by atoms with E-state index in [-0.39, 0.29) is 5.91 Å². The van der Waals surface area contributed by atoms with Crippen LogP contribution in [0, 0.1) is 0 Å². The molecule has 0 saturated heterocycles. The molecular weight excluding hydrogens is 214 g/mol. The molecule has 1 heterocycles. The highest BCUT2D eigenvalue weighted by Gasteiger charge is 2.17. The van der Waals surface area contributed by atoms with Gasteiger partial charge < -0.3 is 16.0 Å². The molecule has 17 heavy (non-hydrogen) atoms. The third-order valence-corrected chi connectivity index (χ3v) is 3.14. The summed E-state index contributed by atoms with van der Waals surface area (Å²) < 4.78 is 0. The highest BCUT2D eigenvalue weighted by Crippen LogP contribution is 2.30. The molecule has 0 fully saturated rings. The highest BCUT2D eigenvalue weighted by molar-refractivity contribution is 5.73. The van der Waals surface area contributed by atoms with Crippen molar-refractivity contribution in [3.8, 4) is 0 Å². The van der Waals surface area contributed by atoms with Crippen molar-refractivity contribution in [2.75, 3.05) is 30.3 Å². The number of amides is 1. The van der Waals surface area contributed by atoms with Gasteiger partial charge in [0.2, 0.25) is 5.91 Å². The van der Waals surface area contributed by atoms with Gasteiger partial charge in [-0.15, -0.1) is 0 Å². The lowest BCUT2D eigenvalue weighted by Crippen LogP contribution is -2.37. The summed E-state index contributed by atoms with van der Waals surface area (Å²) in [5.74, 6) is 0.0230. The Kier molecular flexibility index (Phi) is 3.52. The quantitative estimate of drug-likeness (QED) is 0.770. The van der Waals surface area contributed by atoms with Gasteiger partial charge in [0.15, 0.2) is 0 Å². The number of hydrogen-bond acceptors (Lipinski definition) is 3. The Morgan fingerprint density at radius 3 is 3.12 bits per heavy atom. The van der Waals surface area contributed by atoms with Crippen LogP contribution in [0.5, 0.6) is 0 Å². The van der Waals surface area contributed by atoms with Gasteiger partial charge in [-0.25, -0.2) is 0 Å². The van der Waals surface area contributed by atoms with Gasteiger partial charge in [0, 0.05) is 37.9 Å². The number of carbonyl (C=O) groups excluding carboxylic acids is 1. The topological polar surface area (TPSA) is 58.4 Å². The van der Waals surface area contributed by atoms with Gasteiger partial charge in [0.1, 0.15) is 0 Å². The lowest BCUT2D eigenvalue weighted by molar-refractivity contribution is -0.118. The van der Waals surface area contributed by atoms with Crippen molar-refractivity contribution in [1.82, 2.24) is 5.32 Å². The van der Waals surface area contributed by atoms with Gasteiger partial charge in [-0.3, -0.25) is 4.79 Å². The Hall–Kier alpha value is -1.71. The van der Waals surface area contributed by atoms with Crippen LogP contribution in [0.25, 0.3) is 0 Å². The molecule has 1 aromatic rings. The minimum Gasteiger partial charge on any atom is -0.398 e. The van der Waals surface area contributed by atoms with Crippen LogP contribution in [-0.2, 0) is 11.2 Å². The maximum atomic E-state index is 10.8. The second-order valence-corrected chi connectivity index (χ2v) is 4.42. The van der Waals surface area contributed by atoms with E-state index in [0.717, 1.165) is 31.6 Å². The lowest BCUT2D eigenvalue weighted by atomic mass is 10.00. The number of nitrogens with zero attached hydrogens (tertiary/aromatic N) is 1. The first kappa shape index (κ1) is 11.8. The summed E-state index contributed by atoms with van der Waals surface area (Å²) in [5, 5.41) is 2.83. The molecule has 0 unspecified atom stereocenters. The molecule has 0 radical (unpaired) electrons. The Balaban J connectivity index is 2.07. The van der Waals surface area contributed by atoms with Crippen LogP contribution < -0.4 is 16.0 Å². The predicted molar refractivity (Wildman–Crippen MR) is 70.1 cm³/mol. The summed E-state index contributed by atoms with van der Waals surface area (Å²) in [6.45, 7) is 4.11. The molecule has 1 aliphatic rings. The SMILES string of the molecule is CC(=O)NCCN1CCCc2c(N)cccc21. The minimum absolute atomic E-state index is 0.0230. The summed E-state index contributed by atoms with van der Waals surface area (Å²) >= 11 is 0. The van der Waals surface area contributed by atoms with E-state index in [4.69, 9.17) is 5.73 Å². The molecule has 3 N–H and O–H groups in total. The second kappa shape index (κ2) is 5.08. The van der Waals surface area contributed by atoms with E-state index < -0.39 is 0 Å². The van der Waals surface area contributed by atoms with Crippen LogP contribution in [0.15, 0.2) is 18.2 Å². The Labute approximate surface area is 102 Å². The van der Waals surface area contributed by atoms with Crippen LogP contribution in [0.3, 0.4) is 0 Å². The van der Waals surface area contributed by atoms with E-state index in [0.29, 0.717) is 6.54 Å². The second-order valence-electron chi connectivity index (χ2n) is 4.42. The fraction of sp³-hybridized carbons (Fsp3) is 0.462. The van der Waals surface area contributed by atoms with Gasteiger partial charge >= 0.3 is 0 Å². The zero-order valence-corrected chi connectivity index (χ0v) is 10.2. The van der Waals surface area contributed by atoms with Gasteiger partial charge in [-0.05, 0) is 30.5 Å². The van der Waals surface area contributed by atoms with Crippen molar-refractivity contribution in [2.24, 2.45) is 0 Å². The van der Waals surface area contributed by atoms with Crippen LogP contribution in [0.4, 0.5) is 11.4 Å². The first-order chi connectivity index (χ1) is 8.18. The summed E-state index contributed by atoms with van der Waals surface area (Å²) in [7, 11) is 0. The Bertz CT molecular complexity index is 417. The zero-order valence-electron chi connectivity index (χ0n) is 10.2. The first-order valence-electron chi connectivity index (χ1n) is 6.05. The number of fused-ring (bicyclic) bond motifs is 1. The number of benzene rings is 1. The van der Waals surface area contributed by atoms with Crippen LogP contribution >= 0.6 is 0 Å². The van der Waals surface area contributed by atoms with Crippen molar-refractivity contribution in [3.05, 3.63) is 23.8 Å². The number of carbonyl (C=O) groups is 1. The molecule has 1 aromatic carbocycles. The summed E-state index contributed by atoms with van der Waals surface area (Å²) in [5.41, 5.74) is 9.34. The van der Waals surface area contributed by atoms with E-state index in [1.54, 1.807) is 6.92 Å². The van der Waals surface area contributed by atoms with Crippen LogP contribution in [0.2, 0.25) is 0 Å². The van der Waals surface area contributed by atoms with E-state index in [2.05, 4.69) is 16.3 Å². The molecule has 4 nitrogen and oxygen atoms in total. The van der Waals surface area contributed by atoms with Crippen LogP contribution in [-0.4, -0.2) is 25.5 Å². The van der Waals surface area contributed by atoms with E-state index in [1.165, 1.54) is 11.3 Å². The van der Waals surface area contributed by atoms with Crippen molar-refractivity contribution in [2.45, 2.75) is 19.8 Å². The molecule has 0 atom stereocenters. The third-order valence-electron chi connectivity index (χ3n) is 3.14. The molecule has 4 heteroatoms. The molecule has 0 aliphatic carbocycles. The predicted octanol–water partition coefficient (Wildman–Crippen LogP) is 1.16. The van der Waals surface area contributed by atoms with Crippen molar-refractivity contribution < 1.29 is 4.79 Å².